The molecule has 0 amide bonds. The lowest BCUT2D eigenvalue weighted by molar-refractivity contribution is 0.0600. The van der Waals surface area contributed by atoms with Crippen LogP contribution in [0.15, 0.2) is 54.7 Å². The summed E-state index contributed by atoms with van der Waals surface area (Å²) in [6, 6.07) is 15.2. The molecule has 0 bridgehead atoms. The zero-order valence-corrected chi connectivity index (χ0v) is 19.8. The van der Waals surface area contributed by atoms with Gasteiger partial charge >= 0.3 is 5.97 Å². The second kappa shape index (κ2) is 9.72. The summed E-state index contributed by atoms with van der Waals surface area (Å²) in [4.78, 5) is 19.2. The number of hydrogen-bond acceptors (Lipinski definition) is 5. The first-order chi connectivity index (χ1) is 16.0. The van der Waals surface area contributed by atoms with E-state index in [2.05, 4.69) is 32.8 Å². The summed E-state index contributed by atoms with van der Waals surface area (Å²) >= 11 is 5.69. The van der Waals surface area contributed by atoms with Gasteiger partial charge in [0, 0.05) is 30.7 Å². The number of pyridine rings is 1. The van der Waals surface area contributed by atoms with E-state index in [1.807, 2.05) is 43.3 Å². The number of aryl methyl sites for hydroxylation is 1. The topological polar surface area (TPSA) is 79.6 Å². The quantitative estimate of drug-likeness (QED) is 0.408. The Labute approximate surface area is 199 Å². The molecule has 1 saturated heterocycles. The summed E-state index contributed by atoms with van der Waals surface area (Å²) < 4.78 is 7.10. The maximum atomic E-state index is 12.4. The first-order valence-corrected chi connectivity index (χ1v) is 11.3. The fourth-order valence-corrected chi connectivity index (χ4v) is 4.97. The molecule has 8 heteroatoms. The second-order valence-electron chi connectivity index (χ2n) is 8.07. The number of aliphatic hydroxyl groups excluding tert-OH is 1. The molecule has 1 aromatic carbocycles. The molecule has 3 aromatic rings. The largest absolute Gasteiger partial charge is 0.465 e. The lowest BCUT2D eigenvalue weighted by Crippen LogP contribution is -2.31. The summed E-state index contributed by atoms with van der Waals surface area (Å²) in [5.74, 6) is -0.376. The van der Waals surface area contributed by atoms with Crippen LogP contribution in [0.1, 0.15) is 51.5 Å². The molecule has 1 aliphatic heterocycles. The summed E-state index contributed by atoms with van der Waals surface area (Å²) in [6.45, 7) is 4.79. The summed E-state index contributed by atoms with van der Waals surface area (Å²) in [6.07, 6.45) is 2.39. The average Bonchev–Trinajstić information content (AvgIpc) is 3.32. The number of carbonyl (C=O) groups excluding carboxylic acids is 1. The van der Waals surface area contributed by atoms with Crippen LogP contribution < -0.4 is 5.32 Å². The molecule has 3 heterocycles. The molecule has 2 aromatic heterocycles. The van der Waals surface area contributed by atoms with Gasteiger partial charge in [0.1, 0.15) is 0 Å². The van der Waals surface area contributed by atoms with E-state index in [1.54, 1.807) is 12.3 Å². The number of aromatic nitrogens is 2. The summed E-state index contributed by atoms with van der Waals surface area (Å²) in [5, 5.41) is 13.5. The molecule has 2 N–H and O–H groups in total. The van der Waals surface area contributed by atoms with E-state index in [1.165, 1.54) is 7.11 Å². The van der Waals surface area contributed by atoms with E-state index in [9.17, 15) is 9.90 Å². The Morgan fingerprint density at radius 1 is 1.21 bits per heavy atom. The van der Waals surface area contributed by atoms with Crippen LogP contribution in [0, 0.1) is 13.8 Å². The Kier molecular flexibility index (Phi) is 6.76. The molecule has 7 nitrogen and oxygen atoms in total. The number of carbonyl (C=O) groups is 1. The maximum absolute atomic E-state index is 12.4. The normalized spacial score (nSPS) is 17.8. The first kappa shape index (κ1) is 22.9. The molecule has 0 spiro atoms. The number of esters is 1. The molecular formula is C25H28N4O3S. The third-order valence-electron chi connectivity index (χ3n) is 6.09. The average molecular weight is 465 g/mol. The highest BCUT2D eigenvalue weighted by atomic mass is 32.1. The van der Waals surface area contributed by atoms with Crippen LogP contribution in [-0.4, -0.2) is 50.9 Å². The molecule has 1 fully saturated rings. The van der Waals surface area contributed by atoms with Gasteiger partial charge in [-0.1, -0.05) is 18.2 Å². The van der Waals surface area contributed by atoms with Gasteiger partial charge in [-0.25, -0.2) is 4.79 Å². The highest BCUT2D eigenvalue weighted by Gasteiger charge is 2.41. The lowest BCUT2D eigenvalue weighted by atomic mass is 9.96. The Bertz CT molecular complexity index is 1160. The van der Waals surface area contributed by atoms with Crippen molar-refractivity contribution in [2.75, 3.05) is 20.3 Å². The minimum atomic E-state index is -0.376. The van der Waals surface area contributed by atoms with Gasteiger partial charge in [-0.15, -0.1) is 0 Å². The SMILES string of the molecule is COC(=O)c1ccccc1-n1c(C)cc([C@@H]2[C@@H](c3ccccn3)NC(=S)N2CCCO)c1C. The van der Waals surface area contributed by atoms with E-state index >= 15 is 0 Å². The van der Waals surface area contributed by atoms with Crippen LogP contribution >= 0.6 is 12.2 Å². The van der Waals surface area contributed by atoms with Gasteiger partial charge in [-0.3, -0.25) is 4.98 Å². The van der Waals surface area contributed by atoms with Crippen molar-refractivity contribution >= 4 is 23.3 Å². The zero-order chi connectivity index (χ0) is 23.5. The molecule has 33 heavy (non-hydrogen) atoms. The van der Waals surface area contributed by atoms with E-state index in [4.69, 9.17) is 17.0 Å². The van der Waals surface area contributed by atoms with Crippen molar-refractivity contribution in [2.24, 2.45) is 0 Å². The molecule has 2 atom stereocenters. The van der Waals surface area contributed by atoms with Gasteiger partial charge in [0.25, 0.3) is 0 Å². The minimum absolute atomic E-state index is 0.0889. The first-order valence-electron chi connectivity index (χ1n) is 10.9. The van der Waals surface area contributed by atoms with Crippen LogP contribution in [0.4, 0.5) is 0 Å². The highest BCUT2D eigenvalue weighted by Crippen LogP contribution is 2.41. The van der Waals surface area contributed by atoms with E-state index in [0.717, 1.165) is 28.3 Å². The molecule has 0 aliphatic carbocycles. The maximum Gasteiger partial charge on any atom is 0.339 e. The number of nitrogens with zero attached hydrogens (tertiary/aromatic N) is 3. The number of para-hydroxylation sites is 1. The Morgan fingerprint density at radius 2 is 1.97 bits per heavy atom. The van der Waals surface area contributed by atoms with Crippen LogP contribution in [0.5, 0.6) is 0 Å². The Balaban J connectivity index is 1.85. The Hall–Kier alpha value is -3.23. The molecule has 0 unspecified atom stereocenters. The summed E-state index contributed by atoms with van der Waals surface area (Å²) in [7, 11) is 1.39. The van der Waals surface area contributed by atoms with Gasteiger partial charge in [-0.2, -0.15) is 0 Å². The molecule has 4 rings (SSSR count). The number of aliphatic hydroxyl groups is 1. The van der Waals surface area contributed by atoms with Gasteiger partial charge in [-0.05, 0) is 68.4 Å². The minimum Gasteiger partial charge on any atom is -0.465 e. The van der Waals surface area contributed by atoms with E-state index < -0.39 is 0 Å². The fraction of sp³-hybridized carbons (Fsp3) is 0.320. The number of thiocarbonyl (C=S) groups is 1. The predicted octanol–water partition coefficient (Wildman–Crippen LogP) is 3.63. The third-order valence-corrected chi connectivity index (χ3v) is 6.45. The van der Waals surface area contributed by atoms with E-state index in [-0.39, 0.29) is 24.7 Å². The van der Waals surface area contributed by atoms with Crippen LogP contribution in [0.2, 0.25) is 0 Å². The van der Waals surface area contributed by atoms with Crippen molar-refractivity contribution in [2.45, 2.75) is 32.4 Å². The van der Waals surface area contributed by atoms with Crippen molar-refractivity contribution < 1.29 is 14.6 Å². The number of ether oxygens (including phenoxy) is 1. The number of rotatable bonds is 7. The third kappa shape index (κ3) is 4.24. The predicted molar refractivity (Wildman–Crippen MR) is 130 cm³/mol. The van der Waals surface area contributed by atoms with E-state index in [0.29, 0.717) is 23.6 Å². The van der Waals surface area contributed by atoms with Crippen LogP contribution in [0.3, 0.4) is 0 Å². The number of benzene rings is 1. The fourth-order valence-electron chi connectivity index (χ4n) is 4.63. The van der Waals surface area contributed by atoms with Gasteiger partial charge in [0.15, 0.2) is 5.11 Å². The van der Waals surface area contributed by atoms with Crippen molar-refractivity contribution in [1.82, 2.24) is 19.8 Å². The van der Waals surface area contributed by atoms with Crippen molar-refractivity contribution in [1.29, 1.82) is 0 Å². The van der Waals surface area contributed by atoms with Crippen molar-refractivity contribution in [3.8, 4) is 5.69 Å². The standard InChI is InChI=1S/C25H28N4O3S/c1-16-15-19(17(2)29(16)21-11-5-4-9-18(21)24(31)32-3)23-22(20-10-6-7-12-26-20)27-25(33)28(23)13-8-14-30/h4-7,9-12,15,22-23,30H,8,13-14H2,1-3H3,(H,27,33)/t22-,23-/m1/s1. The van der Waals surface area contributed by atoms with Crippen LogP contribution in [0.25, 0.3) is 5.69 Å². The zero-order valence-electron chi connectivity index (χ0n) is 19.0. The number of hydrogen-bond donors (Lipinski definition) is 2. The van der Waals surface area contributed by atoms with Crippen LogP contribution in [-0.2, 0) is 4.74 Å². The monoisotopic (exact) mass is 464 g/mol. The highest BCUT2D eigenvalue weighted by molar-refractivity contribution is 7.80. The van der Waals surface area contributed by atoms with Gasteiger partial charge in [0.2, 0.25) is 0 Å². The molecular weight excluding hydrogens is 436 g/mol. The smallest absolute Gasteiger partial charge is 0.339 e. The van der Waals surface area contributed by atoms with Gasteiger partial charge in [0.05, 0.1) is 36.1 Å². The van der Waals surface area contributed by atoms with Crippen molar-refractivity contribution in [3.05, 3.63) is 82.9 Å². The molecule has 0 radical (unpaired) electrons. The van der Waals surface area contributed by atoms with Gasteiger partial charge < -0.3 is 24.6 Å². The molecule has 1 aliphatic rings. The number of nitrogens with one attached hydrogen (secondary N) is 1. The number of methoxy groups -OCH3 is 1. The second-order valence-corrected chi connectivity index (χ2v) is 8.45. The summed E-state index contributed by atoms with van der Waals surface area (Å²) in [5.41, 5.74) is 5.28. The van der Waals surface area contributed by atoms with Crippen molar-refractivity contribution in [3.63, 3.8) is 0 Å². The molecule has 0 saturated carbocycles. The Morgan fingerprint density at radius 3 is 2.67 bits per heavy atom. The molecule has 172 valence electrons. The lowest BCUT2D eigenvalue weighted by Gasteiger charge is -2.28.